The van der Waals surface area contributed by atoms with Crippen molar-refractivity contribution in [2.75, 3.05) is 13.1 Å². The molecule has 1 N–H and O–H groups in total. The fraction of sp³-hybridized carbons (Fsp3) is 0.312. The topological polar surface area (TPSA) is 63.8 Å². The van der Waals surface area contributed by atoms with Crippen LogP contribution in [0.4, 0.5) is 0 Å². The zero-order chi connectivity index (χ0) is 14.3. The van der Waals surface area contributed by atoms with Crippen molar-refractivity contribution in [2.24, 2.45) is 0 Å². The van der Waals surface area contributed by atoms with Gasteiger partial charge in [0.25, 0.3) is 0 Å². The molecule has 21 heavy (non-hydrogen) atoms. The molecule has 106 valence electrons. The Labute approximate surface area is 122 Å². The first-order chi connectivity index (χ1) is 10.3. The fourth-order valence-electron chi connectivity index (χ4n) is 2.86. The Morgan fingerprint density at radius 1 is 1.24 bits per heavy atom. The Hall–Kier alpha value is -2.27. The highest BCUT2D eigenvalue weighted by Gasteiger charge is 2.36. The lowest BCUT2D eigenvalue weighted by Crippen LogP contribution is -2.25. The molecule has 0 spiro atoms. The maximum absolute atomic E-state index is 5.51. The molecular weight excluding hydrogens is 264 g/mol. The van der Waals surface area contributed by atoms with Gasteiger partial charge in [0.15, 0.2) is 0 Å². The average Bonchev–Trinajstić information content (AvgIpc) is 3.16. The van der Waals surface area contributed by atoms with Gasteiger partial charge in [0.05, 0.1) is 5.41 Å². The number of pyridine rings is 1. The number of hydrogen-bond acceptors (Lipinski definition) is 5. The van der Waals surface area contributed by atoms with E-state index < -0.39 is 0 Å². The van der Waals surface area contributed by atoms with Crippen molar-refractivity contribution < 1.29 is 4.52 Å². The molecule has 3 heterocycles. The molecule has 1 unspecified atom stereocenters. The Kier molecular flexibility index (Phi) is 2.75. The lowest BCUT2D eigenvalue weighted by atomic mass is 9.90. The van der Waals surface area contributed by atoms with Gasteiger partial charge in [-0.25, -0.2) is 0 Å². The van der Waals surface area contributed by atoms with Crippen LogP contribution in [0, 0.1) is 0 Å². The van der Waals surface area contributed by atoms with Gasteiger partial charge in [0.2, 0.25) is 11.7 Å². The Balaban J connectivity index is 1.81. The van der Waals surface area contributed by atoms with Crippen molar-refractivity contribution in [3.05, 3.63) is 42.4 Å². The van der Waals surface area contributed by atoms with E-state index in [-0.39, 0.29) is 5.41 Å². The van der Waals surface area contributed by atoms with Crippen molar-refractivity contribution in [3.8, 4) is 11.5 Å². The summed E-state index contributed by atoms with van der Waals surface area (Å²) in [6.45, 7) is 4.01. The van der Waals surface area contributed by atoms with E-state index in [0.717, 1.165) is 36.0 Å². The molecule has 1 aliphatic heterocycles. The lowest BCUT2D eigenvalue weighted by Gasteiger charge is -2.15. The summed E-state index contributed by atoms with van der Waals surface area (Å²) in [6, 6.07) is 10.1. The van der Waals surface area contributed by atoms with Gasteiger partial charge < -0.3 is 9.84 Å². The molecule has 1 aromatic carbocycles. The van der Waals surface area contributed by atoms with E-state index in [1.807, 2.05) is 24.3 Å². The van der Waals surface area contributed by atoms with Gasteiger partial charge in [0, 0.05) is 18.1 Å². The minimum Gasteiger partial charge on any atom is -0.338 e. The van der Waals surface area contributed by atoms with E-state index in [1.165, 1.54) is 0 Å². The van der Waals surface area contributed by atoms with Gasteiger partial charge in [-0.2, -0.15) is 4.98 Å². The molecule has 0 saturated carbocycles. The average molecular weight is 280 g/mol. The highest BCUT2D eigenvalue weighted by atomic mass is 16.5. The maximum atomic E-state index is 5.51. The second-order valence-corrected chi connectivity index (χ2v) is 5.79. The number of nitrogens with zero attached hydrogens (tertiary/aromatic N) is 3. The number of nitrogens with one attached hydrogen (secondary N) is 1. The summed E-state index contributed by atoms with van der Waals surface area (Å²) in [5.41, 5.74) is 0.702. The largest absolute Gasteiger partial charge is 0.338 e. The van der Waals surface area contributed by atoms with Crippen LogP contribution in [0.25, 0.3) is 22.3 Å². The predicted molar refractivity (Wildman–Crippen MR) is 79.9 cm³/mol. The summed E-state index contributed by atoms with van der Waals surface area (Å²) in [7, 11) is 0. The monoisotopic (exact) mass is 280 g/mol. The summed E-state index contributed by atoms with van der Waals surface area (Å²) < 4.78 is 5.51. The Morgan fingerprint density at radius 3 is 3.00 bits per heavy atom. The summed E-state index contributed by atoms with van der Waals surface area (Å²) >= 11 is 0. The minimum absolute atomic E-state index is 0.0736. The van der Waals surface area contributed by atoms with E-state index in [0.29, 0.717) is 11.7 Å². The quantitative estimate of drug-likeness (QED) is 0.781. The molecule has 1 fully saturated rings. The molecule has 0 amide bonds. The molecular formula is C16H16N4O. The first kappa shape index (κ1) is 12.5. The number of aromatic nitrogens is 3. The highest BCUT2D eigenvalue weighted by Crippen LogP contribution is 2.31. The maximum Gasteiger partial charge on any atom is 0.234 e. The van der Waals surface area contributed by atoms with Crippen molar-refractivity contribution in [3.63, 3.8) is 0 Å². The van der Waals surface area contributed by atoms with Gasteiger partial charge in [-0.1, -0.05) is 29.4 Å². The first-order valence-electron chi connectivity index (χ1n) is 7.15. The second-order valence-electron chi connectivity index (χ2n) is 5.79. The second kappa shape index (κ2) is 4.63. The molecule has 4 rings (SSSR count). The normalized spacial score (nSPS) is 22.0. The van der Waals surface area contributed by atoms with Crippen molar-refractivity contribution in [1.29, 1.82) is 0 Å². The molecule has 1 atom stereocenters. The molecule has 3 aromatic rings. The fourth-order valence-corrected chi connectivity index (χ4v) is 2.86. The first-order valence-corrected chi connectivity index (χ1v) is 7.15. The SMILES string of the molecule is CC1(c2nc(-c3nccc4ccccc34)no2)CCNC1. The van der Waals surface area contributed by atoms with Gasteiger partial charge in [-0.05, 0) is 31.3 Å². The molecule has 5 heteroatoms. The molecule has 0 radical (unpaired) electrons. The summed E-state index contributed by atoms with van der Waals surface area (Å²) in [6.07, 6.45) is 2.80. The summed E-state index contributed by atoms with van der Waals surface area (Å²) in [5.74, 6) is 1.26. The summed E-state index contributed by atoms with van der Waals surface area (Å²) in [5, 5.41) is 9.67. The lowest BCUT2D eigenvalue weighted by molar-refractivity contribution is 0.306. The van der Waals surface area contributed by atoms with Gasteiger partial charge in [0.1, 0.15) is 5.69 Å². The van der Waals surface area contributed by atoms with Crippen LogP contribution >= 0.6 is 0 Å². The van der Waals surface area contributed by atoms with E-state index in [2.05, 4.69) is 33.4 Å². The minimum atomic E-state index is -0.0736. The van der Waals surface area contributed by atoms with E-state index in [9.17, 15) is 0 Å². The van der Waals surface area contributed by atoms with Crippen molar-refractivity contribution in [2.45, 2.75) is 18.8 Å². The van der Waals surface area contributed by atoms with Crippen molar-refractivity contribution >= 4 is 10.8 Å². The Morgan fingerprint density at radius 2 is 2.14 bits per heavy atom. The van der Waals surface area contributed by atoms with Crippen LogP contribution in [0.15, 0.2) is 41.1 Å². The van der Waals surface area contributed by atoms with E-state index in [1.54, 1.807) is 6.20 Å². The summed E-state index contributed by atoms with van der Waals surface area (Å²) in [4.78, 5) is 9.04. The molecule has 1 saturated heterocycles. The third-order valence-corrected chi connectivity index (χ3v) is 4.20. The molecule has 0 bridgehead atoms. The Bertz CT molecular complexity index is 784. The molecule has 1 aliphatic rings. The highest BCUT2D eigenvalue weighted by molar-refractivity contribution is 5.92. The predicted octanol–water partition coefficient (Wildman–Crippen LogP) is 2.54. The number of fused-ring (bicyclic) bond motifs is 1. The van der Waals surface area contributed by atoms with Crippen LogP contribution in [-0.4, -0.2) is 28.2 Å². The standard InChI is InChI=1S/C16H16N4O/c1-16(7-9-17-10-16)15-19-14(20-21-15)13-12-5-3-2-4-11(12)6-8-18-13/h2-6,8,17H,7,9-10H2,1H3. The zero-order valence-electron chi connectivity index (χ0n) is 11.8. The molecule has 0 aliphatic carbocycles. The van der Waals surface area contributed by atoms with Crippen LogP contribution in [0.3, 0.4) is 0 Å². The number of benzene rings is 1. The molecule has 5 nitrogen and oxygen atoms in total. The van der Waals surface area contributed by atoms with Gasteiger partial charge in [-0.15, -0.1) is 0 Å². The van der Waals surface area contributed by atoms with Crippen LogP contribution in [0.2, 0.25) is 0 Å². The van der Waals surface area contributed by atoms with Gasteiger partial charge >= 0.3 is 0 Å². The van der Waals surface area contributed by atoms with Crippen molar-refractivity contribution in [1.82, 2.24) is 20.4 Å². The van der Waals surface area contributed by atoms with Crippen LogP contribution in [-0.2, 0) is 5.41 Å². The van der Waals surface area contributed by atoms with Crippen LogP contribution in [0.1, 0.15) is 19.2 Å². The third-order valence-electron chi connectivity index (χ3n) is 4.20. The zero-order valence-corrected chi connectivity index (χ0v) is 11.8. The van der Waals surface area contributed by atoms with Gasteiger partial charge in [-0.3, -0.25) is 4.98 Å². The van der Waals surface area contributed by atoms with E-state index in [4.69, 9.17) is 4.52 Å². The van der Waals surface area contributed by atoms with E-state index >= 15 is 0 Å². The van der Waals surface area contributed by atoms with Crippen LogP contribution < -0.4 is 5.32 Å². The number of hydrogen-bond donors (Lipinski definition) is 1. The third kappa shape index (κ3) is 2.01. The smallest absolute Gasteiger partial charge is 0.234 e. The molecule has 2 aromatic heterocycles. The van der Waals surface area contributed by atoms with Crippen LogP contribution in [0.5, 0.6) is 0 Å². The number of rotatable bonds is 2.